The molecule has 0 aliphatic carbocycles. The first kappa shape index (κ1) is 16.5. The summed E-state index contributed by atoms with van der Waals surface area (Å²) in [6, 6.07) is 3.71. The maximum absolute atomic E-state index is 11.9. The van der Waals surface area contributed by atoms with E-state index in [0.717, 1.165) is 16.7 Å². The van der Waals surface area contributed by atoms with Crippen LogP contribution < -0.4 is 5.32 Å². The Hall–Kier alpha value is -1.55. The predicted molar refractivity (Wildman–Crippen MR) is 81.0 cm³/mol. The molecule has 4 nitrogen and oxygen atoms in total. The van der Waals surface area contributed by atoms with Gasteiger partial charge in [-0.1, -0.05) is 6.07 Å². The fourth-order valence-corrected chi connectivity index (χ4v) is 1.76. The molecule has 0 atom stereocenters. The van der Waals surface area contributed by atoms with Gasteiger partial charge in [0.2, 0.25) is 0 Å². The summed E-state index contributed by atoms with van der Waals surface area (Å²) in [4.78, 5) is 11.9. The van der Waals surface area contributed by atoms with Crippen LogP contribution in [-0.2, 0) is 10.3 Å². The lowest BCUT2D eigenvalue weighted by Gasteiger charge is -2.23. The van der Waals surface area contributed by atoms with Gasteiger partial charge in [0.1, 0.15) is 5.60 Å². The van der Waals surface area contributed by atoms with Crippen LogP contribution in [-0.4, -0.2) is 16.8 Å². The van der Waals surface area contributed by atoms with E-state index in [1.807, 2.05) is 40.7 Å². The number of carbonyl (C=O) groups is 1. The lowest BCUT2D eigenvalue weighted by atomic mass is 9.93. The highest BCUT2D eigenvalue weighted by molar-refractivity contribution is 5.86. The quantitative estimate of drug-likeness (QED) is 0.863. The van der Waals surface area contributed by atoms with Crippen LogP contribution in [0.2, 0.25) is 0 Å². The van der Waals surface area contributed by atoms with Crippen LogP contribution in [0.5, 0.6) is 0 Å². The van der Waals surface area contributed by atoms with Gasteiger partial charge in [-0.3, -0.25) is 5.32 Å². The van der Waals surface area contributed by atoms with E-state index in [1.165, 1.54) is 0 Å². The Morgan fingerprint density at radius 2 is 1.70 bits per heavy atom. The van der Waals surface area contributed by atoms with E-state index >= 15 is 0 Å². The van der Waals surface area contributed by atoms with Gasteiger partial charge in [0.05, 0.1) is 5.60 Å². The Morgan fingerprint density at radius 1 is 1.15 bits per heavy atom. The lowest BCUT2D eigenvalue weighted by Crippen LogP contribution is -2.27. The summed E-state index contributed by atoms with van der Waals surface area (Å²) in [6.45, 7) is 12.8. The van der Waals surface area contributed by atoms with Crippen molar-refractivity contribution < 1.29 is 14.6 Å². The second-order valence-electron chi connectivity index (χ2n) is 6.65. The zero-order valence-electron chi connectivity index (χ0n) is 13.4. The molecule has 1 aromatic rings. The molecule has 0 aliphatic heterocycles. The average Bonchev–Trinajstić information content (AvgIpc) is 2.20. The molecule has 0 aromatic heterocycles. The molecule has 112 valence electrons. The maximum atomic E-state index is 11.9. The van der Waals surface area contributed by atoms with Crippen molar-refractivity contribution in [1.82, 2.24) is 0 Å². The molecule has 0 radical (unpaired) electrons. The SMILES string of the molecule is Cc1cc(C(C)(C)O)cc(NC(=O)OC(C)(C)C)c1C. The molecule has 0 spiro atoms. The third kappa shape index (κ3) is 4.53. The first-order valence-electron chi connectivity index (χ1n) is 6.74. The average molecular weight is 279 g/mol. The molecule has 20 heavy (non-hydrogen) atoms. The van der Waals surface area contributed by atoms with E-state index in [0.29, 0.717) is 5.69 Å². The van der Waals surface area contributed by atoms with Gasteiger partial charge in [0.25, 0.3) is 0 Å². The van der Waals surface area contributed by atoms with E-state index in [2.05, 4.69) is 5.32 Å². The molecule has 1 amide bonds. The zero-order chi connectivity index (χ0) is 15.7. The summed E-state index contributed by atoms with van der Waals surface area (Å²) in [5, 5.41) is 12.9. The summed E-state index contributed by atoms with van der Waals surface area (Å²) in [7, 11) is 0. The maximum Gasteiger partial charge on any atom is 0.412 e. The van der Waals surface area contributed by atoms with Gasteiger partial charge in [0.15, 0.2) is 0 Å². The van der Waals surface area contributed by atoms with E-state index < -0.39 is 17.3 Å². The Bertz CT molecular complexity index is 508. The number of hydrogen-bond acceptors (Lipinski definition) is 3. The van der Waals surface area contributed by atoms with Gasteiger partial charge >= 0.3 is 6.09 Å². The van der Waals surface area contributed by atoms with Crippen molar-refractivity contribution in [2.75, 3.05) is 5.32 Å². The largest absolute Gasteiger partial charge is 0.444 e. The molecule has 1 rings (SSSR count). The van der Waals surface area contributed by atoms with Gasteiger partial charge < -0.3 is 9.84 Å². The zero-order valence-corrected chi connectivity index (χ0v) is 13.4. The molecule has 2 N–H and O–H groups in total. The minimum atomic E-state index is -0.956. The van der Waals surface area contributed by atoms with Crippen LogP contribution in [0.15, 0.2) is 12.1 Å². The third-order valence-electron chi connectivity index (χ3n) is 3.01. The Labute approximate surface area is 121 Å². The standard InChI is InChI=1S/C16H25NO3/c1-10-8-12(16(6,7)19)9-13(11(10)2)17-14(18)20-15(3,4)5/h8-9,19H,1-7H3,(H,17,18). The molecule has 0 saturated heterocycles. The number of rotatable bonds is 2. The number of carbonyl (C=O) groups excluding carboxylic acids is 1. The van der Waals surface area contributed by atoms with Crippen molar-refractivity contribution in [2.24, 2.45) is 0 Å². The normalized spacial score (nSPS) is 12.2. The van der Waals surface area contributed by atoms with Gasteiger partial charge in [-0.05, 0) is 71.2 Å². The molecule has 0 heterocycles. The van der Waals surface area contributed by atoms with Crippen LogP contribution in [0.4, 0.5) is 10.5 Å². The van der Waals surface area contributed by atoms with Crippen molar-refractivity contribution in [3.05, 3.63) is 28.8 Å². The van der Waals surface area contributed by atoms with Crippen molar-refractivity contribution in [3.8, 4) is 0 Å². The van der Waals surface area contributed by atoms with Gasteiger partial charge in [-0.15, -0.1) is 0 Å². The highest BCUT2D eigenvalue weighted by Gasteiger charge is 2.21. The highest BCUT2D eigenvalue weighted by atomic mass is 16.6. The summed E-state index contributed by atoms with van der Waals surface area (Å²) >= 11 is 0. The van der Waals surface area contributed by atoms with E-state index in [-0.39, 0.29) is 0 Å². The number of benzene rings is 1. The van der Waals surface area contributed by atoms with Crippen molar-refractivity contribution >= 4 is 11.8 Å². The van der Waals surface area contributed by atoms with Crippen molar-refractivity contribution in [3.63, 3.8) is 0 Å². The van der Waals surface area contributed by atoms with Crippen LogP contribution >= 0.6 is 0 Å². The number of nitrogens with one attached hydrogen (secondary N) is 1. The highest BCUT2D eigenvalue weighted by Crippen LogP contribution is 2.28. The monoisotopic (exact) mass is 279 g/mol. The summed E-state index contributed by atoms with van der Waals surface area (Å²) in [5.74, 6) is 0. The number of amides is 1. The second kappa shape index (κ2) is 5.44. The summed E-state index contributed by atoms with van der Waals surface area (Å²) in [6.07, 6.45) is -0.493. The minimum absolute atomic E-state index is 0.493. The van der Waals surface area contributed by atoms with Crippen LogP contribution in [0.1, 0.15) is 51.3 Å². The number of aryl methyl sites for hydroxylation is 1. The smallest absolute Gasteiger partial charge is 0.412 e. The molecular weight excluding hydrogens is 254 g/mol. The Balaban J connectivity index is 3.06. The van der Waals surface area contributed by atoms with Crippen molar-refractivity contribution in [2.45, 2.75) is 59.7 Å². The molecule has 0 aliphatic rings. The molecule has 0 saturated carbocycles. The van der Waals surface area contributed by atoms with Gasteiger partial charge in [-0.2, -0.15) is 0 Å². The molecule has 1 aromatic carbocycles. The number of hydrogen-bond donors (Lipinski definition) is 2. The lowest BCUT2D eigenvalue weighted by molar-refractivity contribution is 0.0634. The predicted octanol–water partition coefficient (Wildman–Crippen LogP) is 3.88. The number of anilines is 1. The van der Waals surface area contributed by atoms with Gasteiger partial charge in [0, 0.05) is 5.69 Å². The van der Waals surface area contributed by atoms with Crippen LogP contribution in [0.25, 0.3) is 0 Å². The van der Waals surface area contributed by atoms with E-state index in [1.54, 1.807) is 19.9 Å². The molecule has 0 bridgehead atoms. The first-order valence-corrected chi connectivity index (χ1v) is 6.74. The van der Waals surface area contributed by atoms with Crippen LogP contribution in [0.3, 0.4) is 0 Å². The molecular formula is C16H25NO3. The fourth-order valence-electron chi connectivity index (χ4n) is 1.76. The summed E-state index contributed by atoms with van der Waals surface area (Å²) in [5.41, 5.74) is 1.89. The number of ether oxygens (including phenoxy) is 1. The second-order valence-corrected chi connectivity index (χ2v) is 6.65. The Morgan fingerprint density at radius 3 is 2.15 bits per heavy atom. The first-order chi connectivity index (χ1) is 8.90. The van der Waals surface area contributed by atoms with Gasteiger partial charge in [-0.25, -0.2) is 4.79 Å². The molecule has 4 heteroatoms. The third-order valence-corrected chi connectivity index (χ3v) is 3.01. The molecule has 0 unspecified atom stereocenters. The van der Waals surface area contributed by atoms with Crippen LogP contribution in [0, 0.1) is 13.8 Å². The fraction of sp³-hybridized carbons (Fsp3) is 0.562. The number of aliphatic hydroxyl groups is 1. The minimum Gasteiger partial charge on any atom is -0.444 e. The summed E-state index contributed by atoms with van der Waals surface area (Å²) < 4.78 is 5.25. The molecule has 0 fully saturated rings. The Kier molecular flexibility index (Phi) is 4.49. The van der Waals surface area contributed by atoms with E-state index in [9.17, 15) is 9.90 Å². The van der Waals surface area contributed by atoms with Crippen molar-refractivity contribution in [1.29, 1.82) is 0 Å². The van der Waals surface area contributed by atoms with E-state index in [4.69, 9.17) is 4.74 Å². The topological polar surface area (TPSA) is 58.6 Å².